The summed E-state index contributed by atoms with van der Waals surface area (Å²) in [7, 11) is 0. The quantitative estimate of drug-likeness (QED) is 0.645. The number of fused-ring (bicyclic) bond motifs is 1. The molecule has 25 heavy (non-hydrogen) atoms. The molecule has 1 heterocycles. The largest absolute Gasteiger partial charge is 0.351 e. The van der Waals surface area contributed by atoms with Gasteiger partial charge in [-0.1, -0.05) is 49.6 Å². The second kappa shape index (κ2) is 8.17. The highest BCUT2D eigenvalue weighted by molar-refractivity contribution is 5.91. The molecule has 0 amide bonds. The van der Waals surface area contributed by atoms with Gasteiger partial charge in [-0.25, -0.2) is 4.98 Å². The Bertz CT molecular complexity index is 816. The standard InChI is InChI=1S/C20H22N4.ClH/c1-3-9-15(10-4-1)21-19-17-13-7-8-14-18(17)23-20(24-19)22-16-11-5-2-6-12-16;/h1,3-4,7-10,13-14,16H,2,5-6,11-12H2,(H2,21,22,23,24);1H. The lowest BCUT2D eigenvalue weighted by atomic mass is 9.96. The van der Waals surface area contributed by atoms with Crippen molar-refractivity contribution in [3.05, 3.63) is 54.6 Å². The first-order chi connectivity index (χ1) is 11.9. The average molecular weight is 355 g/mol. The summed E-state index contributed by atoms with van der Waals surface area (Å²) in [6.45, 7) is 0. The van der Waals surface area contributed by atoms with Gasteiger partial charge >= 0.3 is 0 Å². The molecule has 130 valence electrons. The van der Waals surface area contributed by atoms with Crippen LogP contribution in [0.2, 0.25) is 0 Å². The number of halogens is 1. The molecule has 0 radical (unpaired) electrons. The molecule has 1 saturated carbocycles. The Hall–Kier alpha value is -2.33. The average Bonchev–Trinajstić information content (AvgIpc) is 2.63. The summed E-state index contributed by atoms with van der Waals surface area (Å²) in [5, 5.41) is 8.01. The molecule has 0 aliphatic heterocycles. The SMILES string of the molecule is Cl.c1ccc(Nc2nc(NC3CCCCC3)nc3ccccc23)cc1. The van der Waals surface area contributed by atoms with Crippen LogP contribution in [0, 0.1) is 0 Å². The van der Waals surface area contributed by atoms with E-state index in [4.69, 9.17) is 9.97 Å². The van der Waals surface area contributed by atoms with Gasteiger partial charge in [-0.3, -0.25) is 0 Å². The molecular weight excluding hydrogens is 332 g/mol. The Morgan fingerprint density at radius 1 is 0.800 bits per heavy atom. The number of hydrogen-bond donors (Lipinski definition) is 2. The van der Waals surface area contributed by atoms with Crippen LogP contribution in [-0.2, 0) is 0 Å². The minimum atomic E-state index is 0. The zero-order valence-electron chi connectivity index (χ0n) is 14.1. The molecule has 0 bridgehead atoms. The van der Waals surface area contributed by atoms with Crippen molar-refractivity contribution in [1.29, 1.82) is 0 Å². The predicted molar refractivity (Wildman–Crippen MR) is 107 cm³/mol. The number of rotatable bonds is 4. The van der Waals surface area contributed by atoms with E-state index in [1.165, 1.54) is 32.1 Å². The minimum Gasteiger partial charge on any atom is -0.351 e. The maximum Gasteiger partial charge on any atom is 0.225 e. The number of nitrogens with one attached hydrogen (secondary N) is 2. The first kappa shape index (κ1) is 17.5. The van der Waals surface area contributed by atoms with E-state index in [9.17, 15) is 0 Å². The van der Waals surface area contributed by atoms with Gasteiger partial charge in [-0.15, -0.1) is 12.4 Å². The van der Waals surface area contributed by atoms with Gasteiger partial charge in [0, 0.05) is 17.1 Å². The van der Waals surface area contributed by atoms with Crippen molar-refractivity contribution in [3.63, 3.8) is 0 Å². The number of aromatic nitrogens is 2. The zero-order valence-corrected chi connectivity index (χ0v) is 14.9. The predicted octanol–water partition coefficient (Wildman–Crippen LogP) is 5.54. The van der Waals surface area contributed by atoms with Crippen molar-refractivity contribution in [3.8, 4) is 0 Å². The Balaban J connectivity index is 0.00000182. The van der Waals surface area contributed by atoms with E-state index < -0.39 is 0 Å². The summed E-state index contributed by atoms with van der Waals surface area (Å²) < 4.78 is 0. The van der Waals surface area contributed by atoms with Gasteiger partial charge in [-0.05, 0) is 37.1 Å². The van der Waals surface area contributed by atoms with Gasteiger partial charge in [0.15, 0.2) is 0 Å². The molecule has 1 aromatic heterocycles. The molecule has 0 saturated heterocycles. The van der Waals surface area contributed by atoms with Crippen molar-refractivity contribution >= 4 is 40.8 Å². The third-order valence-electron chi connectivity index (χ3n) is 4.58. The smallest absolute Gasteiger partial charge is 0.225 e. The third kappa shape index (κ3) is 4.20. The topological polar surface area (TPSA) is 49.8 Å². The van der Waals surface area contributed by atoms with Crippen LogP contribution < -0.4 is 10.6 Å². The summed E-state index contributed by atoms with van der Waals surface area (Å²) in [6.07, 6.45) is 6.34. The molecule has 0 unspecified atom stereocenters. The van der Waals surface area contributed by atoms with Crippen LogP contribution in [0.15, 0.2) is 54.6 Å². The lowest BCUT2D eigenvalue weighted by Gasteiger charge is -2.23. The second-order valence-corrected chi connectivity index (χ2v) is 6.38. The van der Waals surface area contributed by atoms with Crippen LogP contribution >= 0.6 is 12.4 Å². The van der Waals surface area contributed by atoms with E-state index in [0.717, 1.165) is 28.4 Å². The second-order valence-electron chi connectivity index (χ2n) is 6.38. The monoisotopic (exact) mass is 354 g/mol. The number of hydrogen-bond acceptors (Lipinski definition) is 4. The van der Waals surface area contributed by atoms with Gasteiger partial charge in [0.25, 0.3) is 0 Å². The third-order valence-corrected chi connectivity index (χ3v) is 4.58. The molecule has 1 fully saturated rings. The summed E-state index contributed by atoms with van der Waals surface area (Å²) in [4.78, 5) is 9.47. The van der Waals surface area contributed by atoms with E-state index in [-0.39, 0.29) is 12.4 Å². The first-order valence-corrected chi connectivity index (χ1v) is 8.74. The molecular formula is C20H23ClN4. The van der Waals surface area contributed by atoms with E-state index in [1.807, 2.05) is 48.5 Å². The Morgan fingerprint density at radius 2 is 1.52 bits per heavy atom. The Morgan fingerprint density at radius 3 is 2.32 bits per heavy atom. The van der Waals surface area contributed by atoms with E-state index >= 15 is 0 Å². The van der Waals surface area contributed by atoms with Gasteiger partial charge in [-0.2, -0.15) is 4.98 Å². The van der Waals surface area contributed by atoms with Crippen LogP contribution in [0.3, 0.4) is 0 Å². The van der Waals surface area contributed by atoms with Crippen molar-refractivity contribution < 1.29 is 0 Å². The fraction of sp³-hybridized carbons (Fsp3) is 0.300. The van der Waals surface area contributed by atoms with Crippen molar-refractivity contribution in [2.75, 3.05) is 10.6 Å². The van der Waals surface area contributed by atoms with Crippen LogP contribution in [0.1, 0.15) is 32.1 Å². The number of benzene rings is 2. The molecule has 0 atom stereocenters. The minimum absolute atomic E-state index is 0. The van der Waals surface area contributed by atoms with Crippen LogP contribution in [0.25, 0.3) is 10.9 Å². The lowest BCUT2D eigenvalue weighted by Crippen LogP contribution is -2.23. The lowest BCUT2D eigenvalue weighted by molar-refractivity contribution is 0.461. The van der Waals surface area contributed by atoms with E-state index in [2.05, 4.69) is 16.7 Å². The maximum absolute atomic E-state index is 4.76. The van der Waals surface area contributed by atoms with E-state index in [0.29, 0.717) is 6.04 Å². The van der Waals surface area contributed by atoms with Crippen LogP contribution in [-0.4, -0.2) is 16.0 Å². The summed E-state index contributed by atoms with van der Waals surface area (Å²) in [6, 6.07) is 18.8. The highest BCUT2D eigenvalue weighted by atomic mass is 35.5. The first-order valence-electron chi connectivity index (χ1n) is 8.74. The number of anilines is 3. The molecule has 1 aliphatic rings. The summed E-state index contributed by atoms with van der Waals surface area (Å²) in [5.41, 5.74) is 1.99. The van der Waals surface area contributed by atoms with Gasteiger partial charge in [0.05, 0.1) is 5.52 Å². The van der Waals surface area contributed by atoms with Crippen molar-refractivity contribution in [1.82, 2.24) is 9.97 Å². The van der Waals surface area contributed by atoms with Gasteiger partial charge in [0.2, 0.25) is 5.95 Å². The Labute approximate surface area is 154 Å². The Kier molecular flexibility index (Phi) is 5.71. The highest BCUT2D eigenvalue weighted by Crippen LogP contribution is 2.26. The van der Waals surface area contributed by atoms with E-state index in [1.54, 1.807) is 0 Å². The molecule has 0 spiro atoms. The summed E-state index contributed by atoms with van der Waals surface area (Å²) in [5.74, 6) is 1.57. The molecule has 2 N–H and O–H groups in total. The van der Waals surface area contributed by atoms with Gasteiger partial charge < -0.3 is 10.6 Å². The normalized spacial score (nSPS) is 14.7. The number of nitrogens with zero attached hydrogens (tertiary/aromatic N) is 2. The van der Waals surface area contributed by atoms with Crippen molar-refractivity contribution in [2.24, 2.45) is 0 Å². The molecule has 3 aromatic rings. The molecule has 2 aromatic carbocycles. The van der Waals surface area contributed by atoms with Gasteiger partial charge in [0.1, 0.15) is 5.82 Å². The molecule has 4 nitrogen and oxygen atoms in total. The highest BCUT2D eigenvalue weighted by Gasteiger charge is 2.15. The van der Waals surface area contributed by atoms with Crippen LogP contribution in [0.5, 0.6) is 0 Å². The molecule has 4 rings (SSSR count). The number of para-hydroxylation sites is 2. The fourth-order valence-corrected chi connectivity index (χ4v) is 3.32. The maximum atomic E-state index is 4.76. The molecule has 1 aliphatic carbocycles. The molecule has 5 heteroatoms. The summed E-state index contributed by atoms with van der Waals surface area (Å²) >= 11 is 0. The van der Waals surface area contributed by atoms with Crippen LogP contribution in [0.4, 0.5) is 17.5 Å². The zero-order chi connectivity index (χ0) is 16.2. The van der Waals surface area contributed by atoms with Crippen molar-refractivity contribution in [2.45, 2.75) is 38.1 Å². The fourth-order valence-electron chi connectivity index (χ4n) is 3.32.